The fourth-order valence-corrected chi connectivity index (χ4v) is 3.99. The van der Waals surface area contributed by atoms with Crippen LogP contribution in [0.2, 0.25) is 5.02 Å². The molecule has 7 heteroatoms. The number of nitrogens with one attached hydrogen (secondary N) is 1. The number of rotatable bonds is 4. The smallest absolute Gasteiger partial charge is 0.274 e. The summed E-state index contributed by atoms with van der Waals surface area (Å²) in [5.41, 5.74) is 2.43. The third kappa shape index (κ3) is 4.59. The van der Waals surface area contributed by atoms with E-state index in [4.69, 9.17) is 16.0 Å². The van der Waals surface area contributed by atoms with Gasteiger partial charge in [0.2, 0.25) is 0 Å². The van der Waals surface area contributed by atoms with Crippen molar-refractivity contribution in [1.29, 1.82) is 0 Å². The molecular formula is C23H27ClN4O2. The number of likely N-dealkylation sites (tertiary alicyclic amines) is 1. The van der Waals surface area contributed by atoms with Gasteiger partial charge < -0.3 is 9.32 Å². The average Bonchev–Trinajstić information content (AvgIpc) is 3.37. The number of halogens is 1. The maximum absolute atomic E-state index is 13.0. The van der Waals surface area contributed by atoms with Gasteiger partial charge in [0, 0.05) is 35.6 Å². The normalized spacial score (nSPS) is 17.3. The molecular weight excluding hydrogens is 400 g/mol. The highest BCUT2D eigenvalue weighted by Crippen LogP contribution is 2.29. The molecule has 30 heavy (non-hydrogen) atoms. The van der Waals surface area contributed by atoms with Crippen LogP contribution in [0.3, 0.4) is 0 Å². The summed E-state index contributed by atoms with van der Waals surface area (Å²) in [6, 6.07) is 9.60. The van der Waals surface area contributed by atoms with Crippen molar-refractivity contribution in [2.45, 2.75) is 51.4 Å². The first kappa shape index (κ1) is 20.7. The minimum atomic E-state index is -0.0760. The highest BCUT2D eigenvalue weighted by atomic mass is 35.5. The van der Waals surface area contributed by atoms with Gasteiger partial charge in [-0.05, 0) is 36.6 Å². The molecule has 1 fully saturated rings. The lowest BCUT2D eigenvalue weighted by Crippen LogP contribution is -2.39. The molecule has 2 aromatic heterocycles. The summed E-state index contributed by atoms with van der Waals surface area (Å²) in [7, 11) is 0. The number of aromatic nitrogens is 3. The van der Waals surface area contributed by atoms with E-state index in [2.05, 4.69) is 36.0 Å². The summed E-state index contributed by atoms with van der Waals surface area (Å²) in [5.74, 6) is 1.55. The lowest BCUT2D eigenvalue weighted by Gasteiger charge is -2.30. The number of benzene rings is 1. The van der Waals surface area contributed by atoms with Gasteiger partial charge in [-0.25, -0.2) is 4.98 Å². The minimum absolute atomic E-state index is 0.0443. The summed E-state index contributed by atoms with van der Waals surface area (Å²) in [6.07, 6.45) is 4.29. The minimum Gasteiger partial charge on any atom is -0.445 e. The number of carbonyl (C=O) groups is 1. The fraction of sp³-hybridized carbons (Fsp3) is 0.435. The van der Waals surface area contributed by atoms with Crippen LogP contribution in [-0.4, -0.2) is 39.1 Å². The van der Waals surface area contributed by atoms with Crippen LogP contribution in [-0.2, 0) is 11.8 Å². The van der Waals surface area contributed by atoms with Gasteiger partial charge in [0.15, 0.2) is 5.89 Å². The Balaban J connectivity index is 1.43. The van der Waals surface area contributed by atoms with Gasteiger partial charge in [-0.15, -0.1) is 0 Å². The van der Waals surface area contributed by atoms with Crippen LogP contribution in [0.1, 0.15) is 72.9 Å². The topological polar surface area (TPSA) is 75.0 Å². The number of hydrogen-bond donors (Lipinski definition) is 1. The standard InChI is InChI=1S/C23H27ClN4O2/c1-23(2,3)20-12-19(26-27-20)22(29)28-9-5-7-16(14-28)21-25-13-18(30-21)11-15-6-4-8-17(24)10-15/h4,6,8,10,12-13,16H,5,7,9,11,14H2,1-3H3,(H,26,27)/t16-/m1/s1. The molecule has 1 amide bonds. The van der Waals surface area contributed by atoms with E-state index in [1.54, 1.807) is 6.20 Å². The van der Waals surface area contributed by atoms with Crippen LogP contribution in [0.5, 0.6) is 0 Å². The first-order chi connectivity index (χ1) is 14.3. The van der Waals surface area contributed by atoms with Gasteiger partial charge in [-0.2, -0.15) is 5.10 Å². The lowest BCUT2D eigenvalue weighted by molar-refractivity contribution is 0.0692. The highest BCUT2D eigenvalue weighted by molar-refractivity contribution is 6.30. The number of oxazole rings is 1. The van der Waals surface area contributed by atoms with Crippen molar-refractivity contribution in [3.63, 3.8) is 0 Å². The molecule has 4 rings (SSSR count). The summed E-state index contributed by atoms with van der Waals surface area (Å²) < 4.78 is 6.04. The van der Waals surface area contributed by atoms with Gasteiger partial charge in [-0.1, -0.05) is 44.5 Å². The number of carbonyl (C=O) groups excluding carboxylic acids is 1. The molecule has 1 aliphatic rings. The Morgan fingerprint density at radius 1 is 1.33 bits per heavy atom. The molecule has 3 aromatic rings. The molecule has 0 aliphatic carbocycles. The third-order valence-corrected chi connectivity index (χ3v) is 5.74. The van der Waals surface area contributed by atoms with E-state index in [-0.39, 0.29) is 17.2 Å². The lowest BCUT2D eigenvalue weighted by atomic mass is 9.92. The monoisotopic (exact) mass is 426 g/mol. The van der Waals surface area contributed by atoms with Crippen LogP contribution >= 0.6 is 11.6 Å². The van der Waals surface area contributed by atoms with E-state index < -0.39 is 0 Å². The van der Waals surface area contributed by atoms with Gasteiger partial charge in [0.1, 0.15) is 11.5 Å². The Bertz CT molecular complexity index is 1030. The molecule has 0 radical (unpaired) electrons. The molecule has 1 aliphatic heterocycles. The van der Waals surface area contributed by atoms with Crippen molar-refractivity contribution in [3.8, 4) is 0 Å². The van der Waals surface area contributed by atoms with E-state index in [9.17, 15) is 4.79 Å². The number of H-pyrrole nitrogens is 1. The quantitative estimate of drug-likeness (QED) is 0.639. The van der Waals surface area contributed by atoms with Crippen molar-refractivity contribution < 1.29 is 9.21 Å². The van der Waals surface area contributed by atoms with E-state index in [1.165, 1.54) is 0 Å². The second-order valence-electron chi connectivity index (χ2n) is 8.98. The van der Waals surface area contributed by atoms with E-state index in [0.717, 1.165) is 36.4 Å². The Hall–Kier alpha value is -2.60. The van der Waals surface area contributed by atoms with Gasteiger partial charge in [0.05, 0.1) is 12.1 Å². The Kier molecular flexibility index (Phi) is 5.69. The zero-order chi connectivity index (χ0) is 21.3. The first-order valence-electron chi connectivity index (χ1n) is 10.3. The average molecular weight is 427 g/mol. The van der Waals surface area contributed by atoms with Crippen LogP contribution in [0.25, 0.3) is 0 Å². The van der Waals surface area contributed by atoms with Crippen LogP contribution < -0.4 is 0 Å². The molecule has 6 nitrogen and oxygen atoms in total. The Morgan fingerprint density at radius 2 is 2.17 bits per heavy atom. The first-order valence-corrected chi connectivity index (χ1v) is 10.7. The molecule has 1 aromatic carbocycles. The highest BCUT2D eigenvalue weighted by Gasteiger charge is 2.30. The van der Waals surface area contributed by atoms with Crippen molar-refractivity contribution in [2.75, 3.05) is 13.1 Å². The second kappa shape index (κ2) is 8.26. The van der Waals surface area contributed by atoms with Crippen molar-refractivity contribution in [2.24, 2.45) is 0 Å². The number of nitrogens with zero attached hydrogens (tertiary/aromatic N) is 3. The molecule has 1 saturated heterocycles. The van der Waals surface area contributed by atoms with Gasteiger partial charge >= 0.3 is 0 Å². The molecule has 0 spiro atoms. The fourth-order valence-electron chi connectivity index (χ4n) is 3.78. The van der Waals surface area contributed by atoms with Gasteiger partial charge in [-0.3, -0.25) is 9.89 Å². The van der Waals surface area contributed by atoms with E-state index >= 15 is 0 Å². The number of amides is 1. The van der Waals surface area contributed by atoms with E-state index in [1.807, 2.05) is 35.2 Å². The second-order valence-corrected chi connectivity index (χ2v) is 9.42. The predicted octanol–water partition coefficient (Wildman–Crippen LogP) is 4.96. The maximum atomic E-state index is 13.0. The molecule has 0 bridgehead atoms. The number of aromatic amines is 1. The van der Waals surface area contributed by atoms with Crippen molar-refractivity contribution in [3.05, 3.63) is 70.2 Å². The SMILES string of the molecule is CC(C)(C)c1cc(C(=O)N2CCC[C@@H](c3ncc(Cc4cccc(Cl)c4)o3)C2)n[nH]1. The molecule has 0 saturated carbocycles. The van der Waals surface area contributed by atoms with Crippen LogP contribution in [0.4, 0.5) is 0 Å². The van der Waals surface area contributed by atoms with Crippen molar-refractivity contribution in [1.82, 2.24) is 20.1 Å². The summed E-state index contributed by atoms with van der Waals surface area (Å²) in [5, 5.41) is 7.96. The number of piperidine rings is 1. The predicted molar refractivity (Wildman–Crippen MR) is 116 cm³/mol. The molecule has 3 heterocycles. The summed E-state index contributed by atoms with van der Waals surface area (Å²) >= 11 is 6.07. The summed E-state index contributed by atoms with van der Waals surface area (Å²) in [6.45, 7) is 7.59. The molecule has 158 valence electrons. The Labute approximate surface area is 181 Å². The van der Waals surface area contributed by atoms with Crippen molar-refractivity contribution >= 4 is 17.5 Å². The van der Waals surface area contributed by atoms with E-state index in [0.29, 0.717) is 29.6 Å². The van der Waals surface area contributed by atoms with Crippen LogP contribution in [0.15, 0.2) is 40.9 Å². The maximum Gasteiger partial charge on any atom is 0.274 e. The zero-order valence-corrected chi connectivity index (χ0v) is 18.4. The Morgan fingerprint density at radius 3 is 2.90 bits per heavy atom. The largest absolute Gasteiger partial charge is 0.445 e. The zero-order valence-electron chi connectivity index (χ0n) is 17.6. The molecule has 0 unspecified atom stereocenters. The number of hydrogen-bond acceptors (Lipinski definition) is 4. The molecule has 1 N–H and O–H groups in total. The van der Waals surface area contributed by atoms with Crippen LogP contribution in [0, 0.1) is 0 Å². The third-order valence-electron chi connectivity index (χ3n) is 5.50. The molecule has 1 atom stereocenters. The summed E-state index contributed by atoms with van der Waals surface area (Å²) in [4.78, 5) is 19.3. The van der Waals surface area contributed by atoms with Gasteiger partial charge in [0.25, 0.3) is 5.91 Å².